The van der Waals surface area contributed by atoms with Crippen molar-refractivity contribution in [3.8, 4) is 17.2 Å². The number of amides is 4. The zero-order chi connectivity index (χ0) is 96.3. The molecule has 0 fully saturated rings. The van der Waals surface area contributed by atoms with Crippen LogP contribution in [0.4, 0.5) is 73.6 Å². The fraction of sp³-hybridized carbons (Fsp3) is 0.311. The van der Waals surface area contributed by atoms with Crippen molar-refractivity contribution in [2.45, 2.75) is 122 Å². The molecule has 0 spiro atoms. The number of hydrogen-bond donors (Lipinski definition) is 8. The minimum absolute atomic E-state index is 0. The number of nitrogens with two attached hydrogens (primary N) is 1. The van der Waals surface area contributed by atoms with Gasteiger partial charge in [-0.25, -0.2) is 58.5 Å². The van der Waals surface area contributed by atoms with Gasteiger partial charge in [-0.3, -0.25) is 28.8 Å². The Bertz CT molecular complexity index is 5310. The minimum atomic E-state index is -6.81. The molecular formula is C74H89F9KN11O32S3. The molecule has 5 heterocycles. The summed E-state index contributed by atoms with van der Waals surface area (Å²) in [5, 5.41) is 36.3. The van der Waals surface area contributed by atoms with Gasteiger partial charge in [0, 0.05) is 74.0 Å². The van der Waals surface area contributed by atoms with Crippen LogP contribution in [0.1, 0.15) is 179 Å². The smallest absolute Gasteiger partial charge is 0.870 e. The van der Waals surface area contributed by atoms with E-state index in [1.165, 1.54) is 78.3 Å². The van der Waals surface area contributed by atoms with Crippen molar-refractivity contribution >= 4 is 142 Å². The molecule has 0 saturated carbocycles. The number of pyridine rings is 5. The second kappa shape index (κ2) is 60.7. The number of nitrogens with zero attached hydrogens (tertiary/aromatic N) is 6. The molecule has 43 nitrogen and oxygen atoms in total. The van der Waals surface area contributed by atoms with Gasteiger partial charge in [-0.1, -0.05) is 70.8 Å². The average Bonchev–Trinajstić information content (AvgIpc) is 0.738. The summed E-state index contributed by atoms with van der Waals surface area (Å²) in [5.74, 6) is -11.0. The van der Waals surface area contributed by atoms with Gasteiger partial charge < -0.3 is 85.1 Å². The number of aromatic hydroxyl groups is 1. The predicted octanol–water partition coefficient (Wildman–Crippen LogP) is 7.85. The van der Waals surface area contributed by atoms with Crippen LogP contribution in [-0.4, -0.2) is 198 Å². The van der Waals surface area contributed by atoms with Crippen molar-refractivity contribution in [1.82, 2.24) is 24.9 Å². The number of rotatable bonds is 24. The van der Waals surface area contributed by atoms with Crippen LogP contribution in [0.5, 0.6) is 17.2 Å². The normalized spacial score (nSPS) is 10.2. The summed E-state index contributed by atoms with van der Waals surface area (Å²) in [6.45, 7) is 20.7. The fourth-order valence-electron chi connectivity index (χ4n) is 8.10. The molecule has 7 rings (SSSR count). The maximum Gasteiger partial charge on any atom is 1.00 e. The van der Waals surface area contributed by atoms with Crippen LogP contribution in [0.25, 0.3) is 0 Å². The summed E-state index contributed by atoms with van der Waals surface area (Å²) in [6.07, 6.45) is 6.14. The molecule has 714 valence electrons. The zero-order valence-electron chi connectivity index (χ0n) is 67.9. The Morgan fingerprint density at radius 2 is 0.754 bits per heavy atom. The molecule has 4 amide bonds. The van der Waals surface area contributed by atoms with Crippen molar-refractivity contribution in [1.29, 1.82) is 0 Å². The second-order valence-electron chi connectivity index (χ2n) is 22.0. The van der Waals surface area contributed by atoms with Gasteiger partial charge in [0.15, 0.2) is 45.7 Å². The number of nitrogens with one attached hydrogen (secondary N) is 4. The molecule has 0 bridgehead atoms. The van der Waals surface area contributed by atoms with Crippen LogP contribution in [0.2, 0.25) is 0 Å². The number of carboxylic acid groups (broad SMARTS) is 2. The zero-order valence-corrected chi connectivity index (χ0v) is 73.5. The number of sulfonamides is 2. The third kappa shape index (κ3) is 41.9. The molecule has 10 N–H and O–H groups in total. The monoisotopic (exact) mass is 1950 g/mol. The molecule has 2 aromatic carbocycles. The SMILES string of the molecule is C.C.C.CC(=O)OC(C)=O.CCOC(=O)c1nccc(NC(C)=O)c1C(=O)OCC.CCOC(=O)c1nccc(NC(C)=O)c1O.CCOC(=O)c1nccc(NC(C)=O)c1OCc1ccccc1.CCOC(=O)c1nccc(NC(C)=O)c1OS(=O)(=O)C(F)(F)F.Nc1ccnc(C(=O)O)c1C(=O)O.O=S(=O)(N(c1ccccc1)S(=O)(=O)C(F)(F)F)C(F)(F)F.[C-]#[O+].[HH].[K+].[OH-]. The fourth-order valence-corrected chi connectivity index (χ4v) is 11.3. The number of halogens is 9. The number of benzene rings is 2. The van der Waals surface area contributed by atoms with Gasteiger partial charge in [0.1, 0.15) is 17.7 Å². The van der Waals surface area contributed by atoms with Crippen LogP contribution in [0, 0.1) is 6.65 Å². The summed E-state index contributed by atoms with van der Waals surface area (Å²) >= 11 is 0. The Morgan fingerprint density at radius 1 is 0.438 bits per heavy atom. The van der Waals surface area contributed by atoms with E-state index in [0.29, 0.717) is 17.8 Å². The molecule has 0 radical (unpaired) electrons. The summed E-state index contributed by atoms with van der Waals surface area (Å²) in [4.78, 5) is 162. The van der Waals surface area contributed by atoms with E-state index in [1.54, 1.807) is 33.8 Å². The van der Waals surface area contributed by atoms with E-state index in [-0.39, 0.29) is 183 Å². The van der Waals surface area contributed by atoms with Gasteiger partial charge >= 0.3 is 163 Å². The predicted molar refractivity (Wildman–Crippen MR) is 434 cm³/mol. The number of para-hydroxylation sites is 1. The van der Waals surface area contributed by atoms with E-state index >= 15 is 0 Å². The number of alkyl halides is 9. The number of carbonyl (C=O) groups excluding carboxylic acids is 11. The molecule has 5 aromatic heterocycles. The van der Waals surface area contributed by atoms with E-state index in [2.05, 4.69) is 61.2 Å². The van der Waals surface area contributed by atoms with Crippen LogP contribution in [0.3, 0.4) is 0 Å². The molecular weight excluding hydrogens is 1860 g/mol. The quantitative estimate of drug-likeness (QED) is 0.00328. The number of ether oxygens (including phenoxy) is 7. The molecule has 0 aliphatic heterocycles. The minimum Gasteiger partial charge on any atom is -0.870 e. The first-order valence-electron chi connectivity index (χ1n) is 33.9. The molecule has 0 saturated heterocycles. The number of carboxylic acids is 2. The van der Waals surface area contributed by atoms with Crippen molar-refractivity contribution in [2.75, 3.05) is 63.7 Å². The number of nitrogen functional groups attached to an aromatic ring is 1. The molecule has 7 aromatic rings. The van der Waals surface area contributed by atoms with Crippen LogP contribution >= 0.6 is 0 Å². The van der Waals surface area contributed by atoms with Crippen molar-refractivity contribution < 1.29 is 243 Å². The Balaban J connectivity index is -0.000000276. The Kier molecular flexibility index (Phi) is 59.7. The first kappa shape index (κ1) is 128. The summed E-state index contributed by atoms with van der Waals surface area (Å²) < 4.78 is 222. The van der Waals surface area contributed by atoms with E-state index in [0.717, 1.165) is 49.1 Å². The number of hydrogen-bond acceptors (Lipinski definition) is 35. The van der Waals surface area contributed by atoms with Gasteiger partial charge in [0.05, 0.1) is 67.2 Å². The second-order valence-corrected chi connectivity index (χ2v) is 27.4. The van der Waals surface area contributed by atoms with Crippen molar-refractivity contribution in [3.05, 3.63) is 174 Å². The van der Waals surface area contributed by atoms with E-state index in [9.17, 15) is 132 Å². The average molecular weight is 1950 g/mol. The van der Waals surface area contributed by atoms with E-state index < -0.39 is 150 Å². The number of esters is 7. The Hall–Kier alpha value is -12.9. The summed E-state index contributed by atoms with van der Waals surface area (Å²) in [7, 11) is -19.7. The molecule has 56 heteroatoms. The largest absolute Gasteiger partial charge is 1.00 e. The first-order valence-corrected chi connectivity index (χ1v) is 38.2. The maximum absolute atomic E-state index is 12.5. The maximum atomic E-state index is 12.5. The van der Waals surface area contributed by atoms with Gasteiger partial charge in [-0.15, -0.1) is 3.71 Å². The molecule has 0 aliphatic carbocycles. The van der Waals surface area contributed by atoms with Gasteiger partial charge in [0.2, 0.25) is 23.6 Å². The van der Waals surface area contributed by atoms with Gasteiger partial charge in [-0.2, -0.15) is 64.8 Å². The van der Waals surface area contributed by atoms with Gasteiger partial charge in [-0.05, 0) is 82.6 Å². The third-order valence-corrected chi connectivity index (χ3v) is 17.3. The van der Waals surface area contributed by atoms with Crippen LogP contribution in [0.15, 0.2) is 122 Å². The topological polar surface area (TPSA) is 651 Å². The summed E-state index contributed by atoms with van der Waals surface area (Å²) in [6, 6.07) is 19.9. The Labute approximate surface area is 780 Å². The van der Waals surface area contributed by atoms with Crippen LogP contribution in [-0.2, 0) is 98.6 Å². The number of anilines is 6. The van der Waals surface area contributed by atoms with Crippen molar-refractivity contribution in [2.24, 2.45) is 0 Å². The third-order valence-electron chi connectivity index (χ3n) is 12.7. The van der Waals surface area contributed by atoms with E-state index in [4.69, 9.17) is 44.3 Å². The molecule has 130 heavy (non-hydrogen) atoms. The molecule has 0 aliphatic rings. The standard InChI is InChI=1S/C17H18N2O4.C13H16N2O5.C11H11F3N2O6S.C10H12N2O4.C8H5F6NO4S2.C7H6N2O4.C4H6O3.CO.3CH4.K.H2O.H2/c1-3-22-17(21)15-16(14(9-10-18-15)19-12(2)20)23-11-13-7-5-4-6-8-13;1-4-19-12(17)10-9(15-8(3)16)6-7-14-11(10)13(18)20-5-2;1-3-21-10(18)8-9(22-23(19,20)11(12,13)14)7(4-5-15-8)16-6(2)17;1-3-16-10(15)8-9(14)7(4-5-11-8)12-6(2)13;9-7(10,11)20(16,17)15(6-4-2-1-3-5-6)21(18,19)8(12,13)14;8-3-1-2-9-5(7(12)13)4(3)6(10)11;1-3(5)7-4(2)6;1-2;;;;;;/h4-10H,3,11H2,1-2H3,(H,18,19,20);6-7H,4-5H2,1-3H3,(H,14,15,16);4-5H,3H2,1-2H3,(H,15,16,17);4-5,14H,3H2,1-2H3,(H,11,12,13);1-5H;1-2H,(H2,8,9)(H,10,11)(H,12,13);1-2H3;;3*1H4;;1H2;1H/q;;;;;;;;;;;+1;;/p-1. The Morgan fingerprint density at radius 3 is 1.11 bits per heavy atom. The number of aromatic nitrogens is 5. The van der Waals surface area contributed by atoms with Gasteiger partial charge in [0.25, 0.3) is 0 Å². The van der Waals surface area contributed by atoms with Crippen LogP contribution < -0.4 is 91.0 Å². The van der Waals surface area contributed by atoms with E-state index in [1.807, 2.05) is 35.6 Å². The molecule has 0 atom stereocenters. The molecule has 0 unspecified atom stereocenters. The number of carbonyl (C=O) groups is 13. The number of aromatic carboxylic acids is 2. The summed E-state index contributed by atoms with van der Waals surface area (Å²) in [5.41, 5.74) is -15.6. The van der Waals surface area contributed by atoms with Crippen molar-refractivity contribution in [3.63, 3.8) is 0 Å². The first-order chi connectivity index (χ1) is 58.1.